The molecule has 4 heteroatoms. The molecule has 0 radical (unpaired) electrons. The molecule has 74 valence electrons. The van der Waals surface area contributed by atoms with E-state index < -0.39 is 7.12 Å². The van der Waals surface area contributed by atoms with E-state index in [2.05, 4.69) is 29.8 Å². The van der Waals surface area contributed by atoms with Crippen LogP contribution in [0.1, 0.15) is 25.2 Å². The maximum Gasteiger partial charge on any atom is 0.530 e. The van der Waals surface area contributed by atoms with E-state index in [0.717, 1.165) is 15.8 Å². The van der Waals surface area contributed by atoms with Crippen LogP contribution >= 0.6 is 15.9 Å². The zero-order chi connectivity index (χ0) is 10.3. The Balaban J connectivity index is 2.42. The maximum absolute atomic E-state index is 9.73. The van der Waals surface area contributed by atoms with Crippen LogP contribution in [-0.2, 0) is 0 Å². The highest BCUT2D eigenvalue weighted by Crippen LogP contribution is 2.40. The summed E-state index contributed by atoms with van der Waals surface area (Å²) in [6.45, 7) is 4.18. The van der Waals surface area contributed by atoms with E-state index in [-0.39, 0.29) is 5.82 Å². The zero-order valence-electron chi connectivity index (χ0n) is 8.20. The van der Waals surface area contributed by atoms with E-state index in [1.807, 2.05) is 18.2 Å². The number of rotatable bonds is 1. The first-order chi connectivity index (χ1) is 6.59. The summed E-state index contributed by atoms with van der Waals surface area (Å²) < 4.78 is 6.37. The SMILES string of the molecule is CC(C)C1B(O)Oc2cc(Br)ccc21. The summed E-state index contributed by atoms with van der Waals surface area (Å²) in [4.78, 5) is 0. The van der Waals surface area contributed by atoms with Crippen molar-refractivity contribution in [3.8, 4) is 5.75 Å². The number of hydrogen-bond acceptors (Lipinski definition) is 2. The Labute approximate surface area is 92.6 Å². The summed E-state index contributed by atoms with van der Waals surface area (Å²) >= 11 is 3.38. The van der Waals surface area contributed by atoms with E-state index in [1.54, 1.807) is 0 Å². The minimum absolute atomic E-state index is 0.0955. The fourth-order valence-electron chi connectivity index (χ4n) is 1.93. The third kappa shape index (κ3) is 1.57. The van der Waals surface area contributed by atoms with Gasteiger partial charge in [0.05, 0.1) is 0 Å². The lowest BCUT2D eigenvalue weighted by molar-refractivity contribution is 0.404. The summed E-state index contributed by atoms with van der Waals surface area (Å²) in [5, 5.41) is 9.73. The molecule has 0 amide bonds. The molecule has 0 aromatic heterocycles. The third-order valence-corrected chi connectivity index (χ3v) is 3.10. The number of hydrogen-bond donors (Lipinski definition) is 1. The van der Waals surface area contributed by atoms with Crippen molar-refractivity contribution >= 4 is 23.0 Å². The van der Waals surface area contributed by atoms with Gasteiger partial charge in [0.15, 0.2) is 0 Å². The smallest absolute Gasteiger partial charge is 0.530 e. The summed E-state index contributed by atoms with van der Waals surface area (Å²) in [6.07, 6.45) is 0. The lowest BCUT2D eigenvalue weighted by atomic mass is 9.65. The van der Waals surface area contributed by atoms with Crippen LogP contribution in [0.25, 0.3) is 0 Å². The normalized spacial score (nSPS) is 19.8. The second-order valence-electron chi connectivity index (χ2n) is 3.96. The monoisotopic (exact) mass is 254 g/mol. The highest BCUT2D eigenvalue weighted by Gasteiger charge is 2.40. The molecule has 1 aliphatic heterocycles. The molecule has 14 heavy (non-hydrogen) atoms. The number of fused-ring (bicyclic) bond motifs is 1. The van der Waals surface area contributed by atoms with Gasteiger partial charge >= 0.3 is 7.12 Å². The van der Waals surface area contributed by atoms with Gasteiger partial charge in [-0.1, -0.05) is 35.8 Å². The molecule has 1 aromatic rings. The Morgan fingerprint density at radius 3 is 2.86 bits per heavy atom. The van der Waals surface area contributed by atoms with Crippen molar-refractivity contribution in [2.24, 2.45) is 5.92 Å². The van der Waals surface area contributed by atoms with Crippen LogP contribution in [0, 0.1) is 5.92 Å². The van der Waals surface area contributed by atoms with Crippen LogP contribution in [0.2, 0.25) is 0 Å². The Kier molecular flexibility index (Phi) is 2.58. The Morgan fingerprint density at radius 1 is 1.50 bits per heavy atom. The van der Waals surface area contributed by atoms with Gasteiger partial charge in [-0.2, -0.15) is 0 Å². The standard InChI is InChI=1S/C10H12BBrO2/c1-6(2)10-8-4-3-7(12)5-9(8)14-11(10)13/h3-6,10,13H,1-2H3. The highest BCUT2D eigenvalue weighted by molar-refractivity contribution is 9.10. The average molecular weight is 255 g/mol. The first kappa shape index (κ1) is 10.1. The fourth-order valence-corrected chi connectivity index (χ4v) is 2.27. The molecule has 0 saturated heterocycles. The molecule has 0 saturated carbocycles. The van der Waals surface area contributed by atoms with Crippen molar-refractivity contribution in [2.75, 3.05) is 0 Å². The third-order valence-electron chi connectivity index (χ3n) is 2.61. The van der Waals surface area contributed by atoms with Crippen LogP contribution < -0.4 is 4.65 Å². The van der Waals surface area contributed by atoms with Crippen LogP contribution in [0.3, 0.4) is 0 Å². The second-order valence-corrected chi connectivity index (χ2v) is 4.88. The van der Waals surface area contributed by atoms with E-state index in [0.29, 0.717) is 5.92 Å². The summed E-state index contributed by atoms with van der Waals surface area (Å²) in [5.74, 6) is 1.27. The first-order valence-electron chi connectivity index (χ1n) is 4.74. The predicted molar refractivity (Wildman–Crippen MR) is 60.3 cm³/mol. The van der Waals surface area contributed by atoms with E-state index >= 15 is 0 Å². The lowest BCUT2D eigenvalue weighted by Gasteiger charge is -2.13. The van der Waals surface area contributed by atoms with Gasteiger partial charge in [-0.3, -0.25) is 0 Å². The van der Waals surface area contributed by atoms with E-state index in [4.69, 9.17) is 4.65 Å². The van der Waals surface area contributed by atoms with E-state index in [9.17, 15) is 5.02 Å². The number of halogens is 1. The van der Waals surface area contributed by atoms with Gasteiger partial charge < -0.3 is 9.68 Å². The number of benzene rings is 1. The van der Waals surface area contributed by atoms with E-state index in [1.165, 1.54) is 0 Å². The van der Waals surface area contributed by atoms with Gasteiger partial charge in [-0.25, -0.2) is 0 Å². The second kappa shape index (κ2) is 3.59. The highest BCUT2D eigenvalue weighted by atomic mass is 79.9. The van der Waals surface area contributed by atoms with Crippen LogP contribution in [-0.4, -0.2) is 12.1 Å². The largest absolute Gasteiger partial charge is 0.535 e. The van der Waals surface area contributed by atoms with Gasteiger partial charge in [0, 0.05) is 10.3 Å². The lowest BCUT2D eigenvalue weighted by Crippen LogP contribution is -2.27. The van der Waals surface area contributed by atoms with Crippen molar-refractivity contribution in [1.82, 2.24) is 0 Å². The van der Waals surface area contributed by atoms with Crippen molar-refractivity contribution in [1.29, 1.82) is 0 Å². The van der Waals surface area contributed by atoms with Crippen LogP contribution in [0.15, 0.2) is 22.7 Å². The molecule has 0 fully saturated rings. The molecule has 0 spiro atoms. The molecule has 2 rings (SSSR count). The minimum Gasteiger partial charge on any atom is -0.535 e. The molecule has 2 nitrogen and oxygen atoms in total. The summed E-state index contributed by atoms with van der Waals surface area (Å²) in [7, 11) is -0.695. The quantitative estimate of drug-likeness (QED) is 0.781. The Bertz CT molecular complexity index is 354. The molecule has 0 bridgehead atoms. The molecule has 1 unspecified atom stereocenters. The van der Waals surface area contributed by atoms with Gasteiger partial charge in [-0.05, 0) is 23.6 Å². The van der Waals surface area contributed by atoms with Crippen LogP contribution in [0.5, 0.6) is 5.75 Å². The van der Waals surface area contributed by atoms with Gasteiger partial charge in [0.2, 0.25) is 0 Å². The topological polar surface area (TPSA) is 29.5 Å². The van der Waals surface area contributed by atoms with Crippen molar-refractivity contribution < 1.29 is 9.68 Å². The molecule has 1 aliphatic rings. The molecule has 1 heterocycles. The zero-order valence-corrected chi connectivity index (χ0v) is 9.78. The molecular formula is C10H12BBrO2. The summed E-state index contributed by atoms with van der Waals surface area (Å²) in [6, 6.07) is 5.90. The van der Waals surface area contributed by atoms with Gasteiger partial charge in [-0.15, -0.1) is 0 Å². The predicted octanol–water partition coefficient (Wildman–Crippen LogP) is 2.60. The Morgan fingerprint density at radius 2 is 2.21 bits per heavy atom. The summed E-state index contributed by atoms with van der Waals surface area (Å²) in [5.41, 5.74) is 1.11. The van der Waals surface area contributed by atoms with Crippen molar-refractivity contribution in [3.05, 3.63) is 28.2 Å². The first-order valence-corrected chi connectivity index (χ1v) is 5.53. The average Bonchev–Trinajstić information content (AvgIpc) is 2.39. The van der Waals surface area contributed by atoms with Gasteiger partial charge in [0.1, 0.15) is 5.75 Å². The Hall–Kier alpha value is -0.475. The molecule has 1 aromatic carbocycles. The van der Waals surface area contributed by atoms with Crippen molar-refractivity contribution in [3.63, 3.8) is 0 Å². The van der Waals surface area contributed by atoms with Crippen molar-refractivity contribution in [2.45, 2.75) is 19.7 Å². The molecule has 0 aliphatic carbocycles. The van der Waals surface area contributed by atoms with Crippen LogP contribution in [0.4, 0.5) is 0 Å². The minimum atomic E-state index is -0.695. The molecular weight excluding hydrogens is 243 g/mol. The fraction of sp³-hybridized carbons (Fsp3) is 0.400. The van der Waals surface area contributed by atoms with Gasteiger partial charge in [0.25, 0.3) is 0 Å². The maximum atomic E-state index is 9.73. The molecule has 1 N–H and O–H groups in total. The molecule has 1 atom stereocenters.